The number of carbonyl (C=O) groups is 3. The molecule has 0 radical (unpaired) electrons. The number of amides is 1. The van der Waals surface area contributed by atoms with Crippen LogP contribution in [0.25, 0.3) is 11.1 Å². The van der Waals surface area contributed by atoms with Gasteiger partial charge in [-0.25, -0.2) is 4.79 Å². The maximum atomic E-state index is 12.4. The Morgan fingerprint density at radius 3 is 2.38 bits per heavy atom. The molecule has 1 aromatic heterocycles. The molecule has 1 N–H and O–H groups in total. The molecule has 1 amide bonds. The molecule has 2 aromatic rings. The Kier molecular flexibility index (Phi) is 6.91. The second kappa shape index (κ2) is 9.15. The topological polar surface area (TPSA) is 81.7 Å². The van der Waals surface area contributed by atoms with Gasteiger partial charge in [-0.15, -0.1) is 11.3 Å². The van der Waals surface area contributed by atoms with E-state index in [9.17, 15) is 14.4 Å². The molecule has 0 unspecified atom stereocenters. The number of anilines is 1. The molecule has 0 saturated heterocycles. The summed E-state index contributed by atoms with van der Waals surface area (Å²) in [7, 11) is 0. The Morgan fingerprint density at radius 2 is 1.77 bits per heavy atom. The third kappa shape index (κ3) is 4.92. The first-order chi connectivity index (χ1) is 12.5. The van der Waals surface area contributed by atoms with Crippen LogP contribution >= 0.6 is 11.3 Å². The van der Waals surface area contributed by atoms with Crippen LogP contribution in [0, 0.1) is 6.92 Å². The van der Waals surface area contributed by atoms with Crippen molar-refractivity contribution in [1.82, 2.24) is 0 Å². The van der Waals surface area contributed by atoms with E-state index in [1.807, 2.05) is 31.2 Å². The summed E-state index contributed by atoms with van der Waals surface area (Å²) in [5.41, 5.74) is 2.95. The normalized spacial score (nSPS) is 10.3. The molecule has 1 heterocycles. The van der Waals surface area contributed by atoms with Crippen molar-refractivity contribution in [2.45, 2.75) is 27.2 Å². The predicted octanol–water partition coefficient (Wildman–Crippen LogP) is 3.79. The quantitative estimate of drug-likeness (QED) is 0.745. The average Bonchev–Trinajstić information content (AvgIpc) is 3.04. The number of rotatable bonds is 7. The molecule has 2 rings (SSSR count). The standard InChI is InChI=1S/C19H21NO5S/c1-4-16(22)25-10-15(21)20-18-17(19(23)24-5-2)14(11-26-18)13-8-6-12(3)7-9-13/h6-9,11H,4-5,10H2,1-3H3,(H,20,21). The predicted molar refractivity (Wildman–Crippen MR) is 100 cm³/mol. The van der Waals surface area contributed by atoms with Gasteiger partial charge < -0.3 is 14.8 Å². The molecule has 0 aliphatic heterocycles. The second-order valence-electron chi connectivity index (χ2n) is 5.50. The third-order valence-electron chi connectivity index (χ3n) is 3.54. The van der Waals surface area contributed by atoms with Crippen molar-refractivity contribution < 1.29 is 23.9 Å². The van der Waals surface area contributed by atoms with Gasteiger partial charge in [-0.3, -0.25) is 9.59 Å². The fraction of sp³-hybridized carbons (Fsp3) is 0.316. The Hall–Kier alpha value is -2.67. The molecule has 138 valence electrons. The van der Waals surface area contributed by atoms with Crippen LogP contribution in [0.5, 0.6) is 0 Å². The molecule has 0 aliphatic carbocycles. The van der Waals surface area contributed by atoms with Gasteiger partial charge in [0, 0.05) is 17.4 Å². The van der Waals surface area contributed by atoms with E-state index in [0.717, 1.165) is 11.1 Å². The first kappa shape index (κ1) is 19.7. The summed E-state index contributed by atoms with van der Waals surface area (Å²) >= 11 is 1.22. The zero-order valence-electron chi connectivity index (χ0n) is 15.0. The zero-order chi connectivity index (χ0) is 19.1. The Labute approximate surface area is 156 Å². The van der Waals surface area contributed by atoms with E-state index >= 15 is 0 Å². The molecule has 0 spiro atoms. The lowest BCUT2D eigenvalue weighted by Crippen LogP contribution is -2.21. The Bertz CT molecular complexity index is 795. The molecule has 1 aromatic carbocycles. The summed E-state index contributed by atoms with van der Waals surface area (Å²) < 4.78 is 9.96. The Morgan fingerprint density at radius 1 is 1.08 bits per heavy atom. The minimum Gasteiger partial charge on any atom is -0.462 e. The van der Waals surface area contributed by atoms with Crippen molar-refractivity contribution in [2.24, 2.45) is 0 Å². The summed E-state index contributed by atoms with van der Waals surface area (Å²) in [6, 6.07) is 7.72. The fourth-order valence-electron chi connectivity index (χ4n) is 2.21. The molecule has 0 bridgehead atoms. The van der Waals surface area contributed by atoms with E-state index in [1.165, 1.54) is 11.3 Å². The highest BCUT2D eigenvalue weighted by atomic mass is 32.1. The summed E-state index contributed by atoms with van der Waals surface area (Å²) in [5, 5.41) is 4.80. The average molecular weight is 375 g/mol. The van der Waals surface area contributed by atoms with Crippen LogP contribution in [0.15, 0.2) is 29.6 Å². The highest BCUT2D eigenvalue weighted by Crippen LogP contribution is 2.36. The van der Waals surface area contributed by atoms with Crippen molar-refractivity contribution >= 4 is 34.2 Å². The minimum atomic E-state index is -0.509. The van der Waals surface area contributed by atoms with Crippen molar-refractivity contribution in [3.05, 3.63) is 40.8 Å². The van der Waals surface area contributed by atoms with Gasteiger partial charge in [0.1, 0.15) is 10.6 Å². The number of carbonyl (C=O) groups excluding carboxylic acids is 3. The molecule has 0 saturated carbocycles. The van der Waals surface area contributed by atoms with Crippen LogP contribution in [0.1, 0.15) is 36.2 Å². The second-order valence-corrected chi connectivity index (χ2v) is 6.38. The zero-order valence-corrected chi connectivity index (χ0v) is 15.8. The van der Waals surface area contributed by atoms with Crippen molar-refractivity contribution in [1.29, 1.82) is 0 Å². The molecule has 7 heteroatoms. The van der Waals surface area contributed by atoms with Crippen LogP contribution in [0.4, 0.5) is 5.00 Å². The lowest BCUT2D eigenvalue weighted by molar-refractivity contribution is -0.146. The number of thiophene rings is 1. The summed E-state index contributed by atoms with van der Waals surface area (Å²) in [6.07, 6.45) is 0.192. The van der Waals surface area contributed by atoms with Gasteiger partial charge in [0.25, 0.3) is 5.91 Å². The summed E-state index contributed by atoms with van der Waals surface area (Å²) in [4.78, 5) is 35.6. The van der Waals surface area contributed by atoms with E-state index in [0.29, 0.717) is 16.1 Å². The summed E-state index contributed by atoms with van der Waals surface area (Å²) in [6.45, 7) is 5.17. The molecule has 26 heavy (non-hydrogen) atoms. The van der Waals surface area contributed by atoms with Crippen LogP contribution < -0.4 is 5.32 Å². The number of nitrogens with one attached hydrogen (secondary N) is 1. The highest BCUT2D eigenvalue weighted by Gasteiger charge is 2.23. The fourth-order valence-corrected chi connectivity index (χ4v) is 3.19. The number of ether oxygens (including phenoxy) is 2. The molecule has 6 nitrogen and oxygen atoms in total. The Balaban J connectivity index is 2.28. The number of hydrogen-bond acceptors (Lipinski definition) is 6. The highest BCUT2D eigenvalue weighted by molar-refractivity contribution is 7.15. The minimum absolute atomic E-state index is 0.192. The van der Waals surface area contributed by atoms with Crippen molar-refractivity contribution in [3.63, 3.8) is 0 Å². The monoisotopic (exact) mass is 375 g/mol. The SMILES string of the molecule is CCOC(=O)c1c(-c2ccc(C)cc2)csc1NC(=O)COC(=O)CC. The van der Waals surface area contributed by atoms with Crippen LogP contribution in [0.3, 0.4) is 0 Å². The van der Waals surface area contributed by atoms with Gasteiger partial charge in [-0.2, -0.15) is 0 Å². The summed E-state index contributed by atoms with van der Waals surface area (Å²) in [5.74, 6) is -1.47. The van der Waals surface area contributed by atoms with Gasteiger partial charge in [0.05, 0.1) is 6.61 Å². The van der Waals surface area contributed by atoms with Gasteiger partial charge in [0.15, 0.2) is 6.61 Å². The van der Waals surface area contributed by atoms with E-state index in [2.05, 4.69) is 5.32 Å². The van der Waals surface area contributed by atoms with Crippen LogP contribution in [-0.4, -0.2) is 31.1 Å². The molecule has 0 fully saturated rings. The molecular formula is C19H21NO5S. The van der Waals surface area contributed by atoms with Gasteiger partial charge in [-0.1, -0.05) is 36.8 Å². The van der Waals surface area contributed by atoms with Crippen LogP contribution in [0.2, 0.25) is 0 Å². The lowest BCUT2D eigenvalue weighted by Gasteiger charge is -2.09. The molecule has 0 aliphatic rings. The maximum Gasteiger partial charge on any atom is 0.341 e. The third-order valence-corrected chi connectivity index (χ3v) is 4.43. The smallest absolute Gasteiger partial charge is 0.341 e. The van der Waals surface area contributed by atoms with E-state index in [1.54, 1.807) is 19.2 Å². The number of benzene rings is 1. The van der Waals surface area contributed by atoms with Gasteiger partial charge in [0.2, 0.25) is 0 Å². The van der Waals surface area contributed by atoms with E-state index < -0.39 is 24.5 Å². The van der Waals surface area contributed by atoms with Gasteiger partial charge >= 0.3 is 11.9 Å². The number of hydrogen-bond donors (Lipinski definition) is 1. The van der Waals surface area contributed by atoms with Crippen LogP contribution in [-0.2, 0) is 19.1 Å². The van der Waals surface area contributed by atoms with Gasteiger partial charge in [-0.05, 0) is 19.4 Å². The first-order valence-corrected chi connectivity index (χ1v) is 9.15. The maximum absolute atomic E-state index is 12.4. The van der Waals surface area contributed by atoms with E-state index in [-0.39, 0.29) is 13.0 Å². The number of esters is 2. The molecular weight excluding hydrogens is 354 g/mol. The van der Waals surface area contributed by atoms with Crippen molar-refractivity contribution in [2.75, 3.05) is 18.5 Å². The van der Waals surface area contributed by atoms with E-state index in [4.69, 9.17) is 9.47 Å². The largest absolute Gasteiger partial charge is 0.462 e. The van der Waals surface area contributed by atoms with Crippen molar-refractivity contribution in [3.8, 4) is 11.1 Å². The number of aryl methyl sites for hydroxylation is 1. The first-order valence-electron chi connectivity index (χ1n) is 8.27. The lowest BCUT2D eigenvalue weighted by atomic mass is 10.0. The molecule has 0 atom stereocenters.